The first-order valence-corrected chi connectivity index (χ1v) is 6.58. The van der Waals surface area contributed by atoms with E-state index >= 15 is 0 Å². The molecule has 21 heavy (non-hydrogen) atoms. The molecule has 0 heterocycles. The Hall–Kier alpha value is -1.05. The molecule has 0 amide bonds. The van der Waals surface area contributed by atoms with Gasteiger partial charge >= 0.3 is 13.3 Å². The quantitative estimate of drug-likeness (QED) is 0.822. The van der Waals surface area contributed by atoms with E-state index in [0.29, 0.717) is 0 Å². The topological polar surface area (TPSA) is 49.7 Å². The molecule has 0 aliphatic heterocycles. The van der Waals surface area contributed by atoms with Gasteiger partial charge in [0, 0.05) is 6.32 Å². The number of hydrogen-bond acceptors (Lipinski definition) is 3. The second kappa shape index (κ2) is 5.98. The molecule has 3 nitrogen and oxygen atoms in total. The van der Waals surface area contributed by atoms with Crippen LogP contribution in [0.3, 0.4) is 0 Å². The lowest BCUT2D eigenvalue weighted by atomic mass is 9.76. The molecular formula is C14H20BF3O3. The number of rotatable bonds is 5. The van der Waals surface area contributed by atoms with Gasteiger partial charge < -0.3 is 14.8 Å². The van der Waals surface area contributed by atoms with E-state index in [1.807, 2.05) is 0 Å². The molecular weight excluding hydrogens is 284 g/mol. The minimum atomic E-state index is -4.48. The minimum absolute atomic E-state index is 0.0518. The van der Waals surface area contributed by atoms with Crippen LogP contribution in [0.1, 0.15) is 38.8 Å². The third-order valence-corrected chi connectivity index (χ3v) is 3.62. The van der Waals surface area contributed by atoms with E-state index in [1.165, 1.54) is 32.0 Å². The Morgan fingerprint density at radius 2 is 1.62 bits per heavy atom. The summed E-state index contributed by atoms with van der Waals surface area (Å²) in [6.45, 7) is 6.13. The first-order valence-electron chi connectivity index (χ1n) is 6.58. The van der Waals surface area contributed by atoms with Crippen molar-refractivity contribution >= 4 is 7.12 Å². The van der Waals surface area contributed by atoms with Crippen molar-refractivity contribution in [1.29, 1.82) is 0 Å². The van der Waals surface area contributed by atoms with Crippen molar-refractivity contribution in [3.8, 4) is 0 Å². The molecule has 2 N–H and O–H groups in total. The molecule has 0 atom stereocenters. The van der Waals surface area contributed by atoms with Gasteiger partial charge in [0.1, 0.15) is 0 Å². The fourth-order valence-electron chi connectivity index (χ4n) is 1.69. The molecule has 0 aliphatic rings. The smallest absolute Gasteiger partial charge is 0.427 e. The largest absolute Gasteiger partial charge is 0.459 e. The van der Waals surface area contributed by atoms with Crippen LogP contribution in [0.15, 0.2) is 24.3 Å². The van der Waals surface area contributed by atoms with Gasteiger partial charge in [-0.25, -0.2) is 0 Å². The Labute approximate surface area is 122 Å². The molecule has 0 spiro atoms. The SMILES string of the molecule is CC(C)(O)C(C)(C)OB(O)Cc1ccccc1C(F)(F)F. The van der Waals surface area contributed by atoms with Crippen molar-refractivity contribution in [3.63, 3.8) is 0 Å². The molecule has 0 saturated heterocycles. The minimum Gasteiger partial charge on any atom is -0.427 e. The van der Waals surface area contributed by atoms with Gasteiger partial charge in [-0.15, -0.1) is 0 Å². The fourth-order valence-corrected chi connectivity index (χ4v) is 1.69. The average molecular weight is 304 g/mol. The summed E-state index contributed by atoms with van der Waals surface area (Å²) in [7, 11) is -1.45. The van der Waals surface area contributed by atoms with Crippen LogP contribution >= 0.6 is 0 Å². The van der Waals surface area contributed by atoms with Crippen LogP contribution in [0, 0.1) is 0 Å². The van der Waals surface area contributed by atoms with Crippen LogP contribution in [0.4, 0.5) is 13.2 Å². The maximum atomic E-state index is 12.9. The predicted molar refractivity (Wildman–Crippen MR) is 74.6 cm³/mol. The second-order valence-electron chi connectivity index (χ2n) is 6.00. The van der Waals surface area contributed by atoms with E-state index < -0.39 is 30.1 Å². The summed E-state index contributed by atoms with van der Waals surface area (Å²) in [6.07, 6.45) is -4.79. The van der Waals surface area contributed by atoms with Crippen LogP contribution < -0.4 is 0 Å². The number of aliphatic hydroxyl groups is 1. The Morgan fingerprint density at radius 1 is 1.10 bits per heavy atom. The van der Waals surface area contributed by atoms with Gasteiger partial charge in [-0.05, 0) is 39.3 Å². The Balaban J connectivity index is 2.88. The van der Waals surface area contributed by atoms with Crippen LogP contribution in [0.5, 0.6) is 0 Å². The van der Waals surface area contributed by atoms with Crippen molar-refractivity contribution in [3.05, 3.63) is 35.4 Å². The third kappa shape index (κ3) is 4.73. The van der Waals surface area contributed by atoms with Gasteiger partial charge in [0.2, 0.25) is 0 Å². The number of alkyl halides is 3. The normalized spacial score (nSPS) is 13.4. The van der Waals surface area contributed by atoms with Crippen molar-refractivity contribution < 1.29 is 28.0 Å². The van der Waals surface area contributed by atoms with Gasteiger partial charge in [-0.3, -0.25) is 0 Å². The average Bonchev–Trinajstić information content (AvgIpc) is 2.25. The molecule has 0 radical (unpaired) electrons. The molecule has 0 saturated carbocycles. The van der Waals surface area contributed by atoms with Gasteiger partial charge in [0.25, 0.3) is 0 Å². The lowest BCUT2D eigenvalue weighted by molar-refractivity contribution is -0.138. The lowest BCUT2D eigenvalue weighted by Gasteiger charge is -2.38. The molecule has 1 rings (SSSR count). The van der Waals surface area contributed by atoms with Crippen molar-refractivity contribution in [2.24, 2.45) is 0 Å². The summed E-state index contributed by atoms with van der Waals surface area (Å²) in [5.41, 5.74) is -3.21. The van der Waals surface area contributed by atoms with Gasteiger partial charge in [0.05, 0.1) is 16.8 Å². The lowest BCUT2D eigenvalue weighted by Crippen LogP contribution is -2.51. The zero-order valence-corrected chi connectivity index (χ0v) is 12.5. The first kappa shape index (κ1) is 18.0. The summed E-state index contributed by atoms with van der Waals surface area (Å²) >= 11 is 0. The van der Waals surface area contributed by atoms with E-state index in [2.05, 4.69) is 0 Å². The highest BCUT2D eigenvalue weighted by molar-refractivity contribution is 6.42. The van der Waals surface area contributed by atoms with Gasteiger partial charge in [-0.2, -0.15) is 13.2 Å². The molecule has 0 aliphatic carbocycles. The highest BCUT2D eigenvalue weighted by Gasteiger charge is 2.40. The van der Waals surface area contributed by atoms with E-state index in [-0.39, 0.29) is 11.9 Å². The van der Waals surface area contributed by atoms with E-state index in [4.69, 9.17) is 4.65 Å². The molecule has 0 bridgehead atoms. The molecule has 7 heteroatoms. The predicted octanol–water partition coefficient (Wildman–Crippen LogP) is 2.83. The van der Waals surface area contributed by atoms with Crippen molar-refractivity contribution in [1.82, 2.24) is 0 Å². The zero-order valence-electron chi connectivity index (χ0n) is 12.5. The fraction of sp³-hybridized carbons (Fsp3) is 0.571. The summed E-state index contributed by atoms with van der Waals surface area (Å²) < 4.78 is 43.9. The van der Waals surface area contributed by atoms with Gasteiger partial charge in [0.15, 0.2) is 0 Å². The summed E-state index contributed by atoms with van der Waals surface area (Å²) in [6, 6.07) is 5.02. The summed E-state index contributed by atoms with van der Waals surface area (Å²) in [5.74, 6) is 0. The Kier molecular flexibility index (Phi) is 5.13. The van der Waals surface area contributed by atoms with Crippen molar-refractivity contribution in [2.45, 2.75) is 51.4 Å². The first-order chi connectivity index (χ1) is 9.34. The Morgan fingerprint density at radius 3 is 2.10 bits per heavy atom. The molecule has 0 aromatic heterocycles. The van der Waals surface area contributed by atoms with Crippen LogP contribution in [0.25, 0.3) is 0 Å². The van der Waals surface area contributed by atoms with E-state index in [1.54, 1.807) is 13.8 Å². The maximum Gasteiger partial charge on any atom is 0.459 e. The molecule has 0 unspecified atom stereocenters. The summed E-state index contributed by atoms with van der Waals surface area (Å²) in [5, 5.41) is 19.8. The molecule has 118 valence electrons. The van der Waals surface area contributed by atoms with E-state index in [9.17, 15) is 23.3 Å². The summed E-state index contributed by atoms with van der Waals surface area (Å²) in [4.78, 5) is 0. The maximum absolute atomic E-state index is 12.9. The van der Waals surface area contributed by atoms with Crippen molar-refractivity contribution in [2.75, 3.05) is 0 Å². The number of benzene rings is 1. The molecule has 0 fully saturated rings. The Bertz CT molecular complexity index is 481. The van der Waals surface area contributed by atoms with E-state index in [0.717, 1.165) is 6.07 Å². The number of halogens is 3. The van der Waals surface area contributed by atoms with Crippen LogP contribution in [0.2, 0.25) is 0 Å². The highest BCUT2D eigenvalue weighted by Crippen LogP contribution is 2.33. The number of hydrogen-bond donors (Lipinski definition) is 2. The van der Waals surface area contributed by atoms with Crippen LogP contribution in [-0.4, -0.2) is 28.5 Å². The third-order valence-electron chi connectivity index (χ3n) is 3.62. The standard InChI is InChI=1S/C14H20BF3O3/c1-12(2,19)13(3,4)21-15(20)9-10-7-5-6-8-11(10)14(16,17)18/h5-8,19-20H,9H2,1-4H3. The van der Waals surface area contributed by atoms with Crippen LogP contribution in [-0.2, 0) is 17.2 Å². The highest BCUT2D eigenvalue weighted by atomic mass is 19.4. The molecule has 1 aromatic carbocycles. The zero-order chi connectivity index (χ0) is 16.5. The monoisotopic (exact) mass is 304 g/mol. The van der Waals surface area contributed by atoms with Gasteiger partial charge in [-0.1, -0.05) is 18.2 Å². The second-order valence-corrected chi connectivity index (χ2v) is 6.00. The molecule has 1 aromatic rings.